The quantitative estimate of drug-likeness (QED) is 0.710. The van der Waals surface area contributed by atoms with Crippen molar-refractivity contribution in [1.82, 2.24) is 0 Å². The summed E-state index contributed by atoms with van der Waals surface area (Å²) >= 11 is 1.67. The Hall–Kier alpha value is -1.16. The molecule has 1 unspecified atom stereocenters. The largest absolute Gasteiger partial charge is 0.497 e. The second-order valence-electron chi connectivity index (χ2n) is 4.02. The molecule has 0 heterocycles. The van der Waals surface area contributed by atoms with Crippen LogP contribution in [-0.4, -0.2) is 31.0 Å². The molecule has 0 aromatic heterocycles. The number of methoxy groups -OCH3 is 2. The number of ketones is 1. The summed E-state index contributed by atoms with van der Waals surface area (Å²) in [6.07, 6.45) is 1.06. The van der Waals surface area contributed by atoms with Gasteiger partial charge < -0.3 is 9.47 Å². The van der Waals surface area contributed by atoms with Gasteiger partial charge in [0.15, 0.2) is 5.78 Å². The Labute approximate surface area is 113 Å². The van der Waals surface area contributed by atoms with Crippen molar-refractivity contribution in [3.05, 3.63) is 23.8 Å². The predicted molar refractivity (Wildman–Crippen MR) is 76.1 cm³/mol. The van der Waals surface area contributed by atoms with Crippen LogP contribution in [0.25, 0.3) is 0 Å². The van der Waals surface area contributed by atoms with E-state index in [1.807, 2.05) is 0 Å². The van der Waals surface area contributed by atoms with Crippen molar-refractivity contribution in [1.29, 1.82) is 0 Å². The van der Waals surface area contributed by atoms with Gasteiger partial charge >= 0.3 is 0 Å². The Morgan fingerprint density at radius 2 is 2.06 bits per heavy atom. The van der Waals surface area contributed by atoms with Gasteiger partial charge in [-0.1, -0.05) is 13.8 Å². The van der Waals surface area contributed by atoms with E-state index in [2.05, 4.69) is 13.8 Å². The smallest absolute Gasteiger partial charge is 0.176 e. The predicted octanol–water partition coefficient (Wildman–Crippen LogP) is 3.42. The third-order valence-electron chi connectivity index (χ3n) is 2.78. The van der Waals surface area contributed by atoms with Gasteiger partial charge in [-0.3, -0.25) is 4.79 Å². The molecule has 0 saturated carbocycles. The number of carbonyl (C=O) groups excluding carboxylic acids is 1. The van der Waals surface area contributed by atoms with Gasteiger partial charge in [0.2, 0.25) is 0 Å². The zero-order valence-electron chi connectivity index (χ0n) is 11.4. The van der Waals surface area contributed by atoms with Crippen LogP contribution in [0.15, 0.2) is 18.2 Å². The standard InChI is InChI=1S/C14H20O3S/c1-5-10(2)18-9-13(15)12-8-11(16-3)6-7-14(12)17-4/h6-8,10H,5,9H2,1-4H3. The fourth-order valence-electron chi connectivity index (χ4n) is 1.45. The summed E-state index contributed by atoms with van der Waals surface area (Å²) in [5.74, 6) is 1.83. The molecule has 1 aromatic rings. The van der Waals surface area contributed by atoms with Crippen LogP contribution in [0.5, 0.6) is 11.5 Å². The highest BCUT2D eigenvalue weighted by Gasteiger charge is 2.14. The topological polar surface area (TPSA) is 35.5 Å². The van der Waals surface area contributed by atoms with Gasteiger partial charge in [-0.2, -0.15) is 11.8 Å². The van der Waals surface area contributed by atoms with Crippen molar-refractivity contribution in [2.24, 2.45) is 0 Å². The van der Waals surface area contributed by atoms with Crippen molar-refractivity contribution in [3.8, 4) is 11.5 Å². The maximum atomic E-state index is 12.2. The third kappa shape index (κ3) is 3.95. The van der Waals surface area contributed by atoms with E-state index in [0.717, 1.165) is 6.42 Å². The van der Waals surface area contributed by atoms with E-state index in [-0.39, 0.29) is 5.78 Å². The first-order valence-electron chi connectivity index (χ1n) is 5.99. The van der Waals surface area contributed by atoms with E-state index in [1.165, 1.54) is 0 Å². The van der Waals surface area contributed by atoms with Crippen molar-refractivity contribution in [3.63, 3.8) is 0 Å². The second kappa shape index (κ2) is 7.31. The Bertz CT molecular complexity index is 404. The van der Waals surface area contributed by atoms with Crippen LogP contribution in [0.3, 0.4) is 0 Å². The first kappa shape index (κ1) is 14.9. The summed E-state index contributed by atoms with van der Waals surface area (Å²) in [5.41, 5.74) is 0.590. The minimum atomic E-state index is 0.0797. The van der Waals surface area contributed by atoms with Crippen LogP contribution in [0, 0.1) is 0 Å². The van der Waals surface area contributed by atoms with Crippen LogP contribution in [0.1, 0.15) is 30.6 Å². The van der Waals surface area contributed by atoms with E-state index in [1.54, 1.807) is 44.2 Å². The molecular formula is C14H20O3S. The van der Waals surface area contributed by atoms with Gasteiger partial charge in [0.25, 0.3) is 0 Å². The van der Waals surface area contributed by atoms with Gasteiger partial charge in [0.1, 0.15) is 11.5 Å². The van der Waals surface area contributed by atoms with Crippen LogP contribution in [0.2, 0.25) is 0 Å². The van der Waals surface area contributed by atoms with E-state index in [9.17, 15) is 4.79 Å². The SMILES string of the molecule is CCC(C)SCC(=O)c1cc(OC)ccc1OC. The highest BCUT2D eigenvalue weighted by molar-refractivity contribution is 8.00. The molecule has 4 heteroatoms. The molecule has 0 fully saturated rings. The minimum Gasteiger partial charge on any atom is -0.497 e. The molecule has 0 radical (unpaired) electrons. The summed E-state index contributed by atoms with van der Waals surface area (Å²) in [5, 5.41) is 0.491. The number of hydrogen-bond acceptors (Lipinski definition) is 4. The zero-order valence-corrected chi connectivity index (χ0v) is 12.2. The molecular weight excluding hydrogens is 248 g/mol. The van der Waals surface area contributed by atoms with E-state index >= 15 is 0 Å². The Morgan fingerprint density at radius 1 is 1.33 bits per heavy atom. The molecule has 1 aromatic carbocycles. The molecule has 0 bridgehead atoms. The zero-order chi connectivity index (χ0) is 13.5. The van der Waals surface area contributed by atoms with Crippen molar-refractivity contribution in [2.75, 3.05) is 20.0 Å². The van der Waals surface area contributed by atoms with Gasteiger partial charge in [0.05, 0.1) is 25.5 Å². The summed E-state index contributed by atoms with van der Waals surface area (Å²) in [4.78, 5) is 12.2. The third-order valence-corrected chi connectivity index (χ3v) is 4.11. The summed E-state index contributed by atoms with van der Waals surface area (Å²) < 4.78 is 10.4. The van der Waals surface area contributed by atoms with Crippen LogP contribution >= 0.6 is 11.8 Å². The number of carbonyl (C=O) groups is 1. The lowest BCUT2D eigenvalue weighted by Crippen LogP contribution is -2.08. The maximum Gasteiger partial charge on any atom is 0.176 e. The summed E-state index contributed by atoms with van der Waals surface area (Å²) in [6, 6.07) is 5.29. The molecule has 1 atom stereocenters. The van der Waals surface area contributed by atoms with Crippen molar-refractivity contribution >= 4 is 17.5 Å². The number of benzene rings is 1. The molecule has 0 aliphatic carbocycles. The molecule has 18 heavy (non-hydrogen) atoms. The summed E-state index contributed by atoms with van der Waals surface area (Å²) in [6.45, 7) is 4.25. The highest BCUT2D eigenvalue weighted by Crippen LogP contribution is 2.26. The Kier molecular flexibility index (Phi) is 6.05. The monoisotopic (exact) mass is 268 g/mol. The highest BCUT2D eigenvalue weighted by atomic mass is 32.2. The lowest BCUT2D eigenvalue weighted by molar-refractivity contribution is 0.101. The molecule has 0 amide bonds. The van der Waals surface area contributed by atoms with E-state index < -0.39 is 0 Å². The molecule has 0 saturated heterocycles. The average Bonchev–Trinajstić information content (AvgIpc) is 2.43. The number of ether oxygens (including phenoxy) is 2. The fourth-order valence-corrected chi connectivity index (χ4v) is 2.27. The van der Waals surface area contributed by atoms with Crippen molar-refractivity contribution < 1.29 is 14.3 Å². The molecule has 0 aliphatic rings. The van der Waals surface area contributed by atoms with Crippen LogP contribution in [-0.2, 0) is 0 Å². The number of rotatable bonds is 7. The second-order valence-corrected chi connectivity index (χ2v) is 5.45. The van der Waals surface area contributed by atoms with Gasteiger partial charge in [-0.25, -0.2) is 0 Å². The first-order chi connectivity index (χ1) is 8.62. The molecule has 0 aliphatic heterocycles. The average molecular weight is 268 g/mol. The number of hydrogen-bond donors (Lipinski definition) is 0. The number of thioether (sulfide) groups is 1. The maximum absolute atomic E-state index is 12.2. The first-order valence-corrected chi connectivity index (χ1v) is 7.04. The molecule has 0 N–H and O–H groups in total. The lowest BCUT2D eigenvalue weighted by atomic mass is 10.1. The van der Waals surface area contributed by atoms with Crippen LogP contribution in [0.4, 0.5) is 0 Å². The van der Waals surface area contributed by atoms with Gasteiger partial charge in [-0.05, 0) is 24.6 Å². The van der Waals surface area contributed by atoms with Crippen molar-refractivity contribution in [2.45, 2.75) is 25.5 Å². The van der Waals surface area contributed by atoms with Gasteiger partial charge in [0, 0.05) is 5.25 Å². The van der Waals surface area contributed by atoms with E-state index in [0.29, 0.717) is 28.1 Å². The molecule has 3 nitrogen and oxygen atoms in total. The molecule has 1 rings (SSSR count). The summed E-state index contributed by atoms with van der Waals surface area (Å²) in [7, 11) is 3.16. The molecule has 0 spiro atoms. The van der Waals surface area contributed by atoms with Crippen LogP contribution < -0.4 is 9.47 Å². The van der Waals surface area contributed by atoms with Gasteiger partial charge in [-0.15, -0.1) is 0 Å². The normalized spacial score (nSPS) is 12.0. The Balaban J connectivity index is 2.82. The van der Waals surface area contributed by atoms with E-state index in [4.69, 9.17) is 9.47 Å². The fraction of sp³-hybridized carbons (Fsp3) is 0.500. The Morgan fingerprint density at radius 3 is 2.61 bits per heavy atom. The number of Topliss-reactive ketones (excluding diaryl/α,β-unsaturated/α-hetero) is 1. The minimum absolute atomic E-state index is 0.0797. The lowest BCUT2D eigenvalue weighted by Gasteiger charge is -2.11. The molecule has 100 valence electrons.